The molecule has 1 aromatic carbocycles. The first-order valence-electron chi connectivity index (χ1n) is 4.02. The van der Waals surface area contributed by atoms with Crippen molar-refractivity contribution in [2.24, 2.45) is 0 Å². The lowest BCUT2D eigenvalue weighted by Crippen LogP contribution is -2.07. The van der Waals surface area contributed by atoms with Crippen molar-refractivity contribution < 1.29 is 14.5 Å². The number of hydrogen-bond acceptors (Lipinski definition) is 4. The van der Waals surface area contributed by atoms with E-state index in [1.165, 1.54) is 25.3 Å². The second kappa shape index (κ2) is 4.75. The molecule has 0 aliphatic rings. The summed E-state index contributed by atoms with van der Waals surface area (Å²) in [6.07, 6.45) is 0. The predicted molar refractivity (Wildman–Crippen MR) is 54.0 cm³/mol. The van der Waals surface area contributed by atoms with E-state index in [1.807, 2.05) is 0 Å². The van der Waals surface area contributed by atoms with Crippen LogP contribution in [0, 0.1) is 10.1 Å². The highest BCUT2D eigenvalue weighted by molar-refractivity contribution is 6.17. The number of carbonyl (C=O) groups is 1. The molecule has 0 aromatic heterocycles. The van der Waals surface area contributed by atoms with Gasteiger partial charge < -0.3 is 4.74 Å². The van der Waals surface area contributed by atoms with Crippen LogP contribution in [0.2, 0.25) is 0 Å². The maximum absolute atomic E-state index is 11.2. The van der Waals surface area contributed by atoms with Gasteiger partial charge in [0.05, 0.1) is 17.9 Å². The number of nitro groups is 1. The minimum absolute atomic E-state index is 0.0266. The quantitative estimate of drug-likeness (QED) is 0.345. The monoisotopic (exact) mass is 229 g/mol. The van der Waals surface area contributed by atoms with Gasteiger partial charge in [-0.2, -0.15) is 0 Å². The average Bonchev–Trinajstić information content (AvgIpc) is 2.26. The van der Waals surface area contributed by atoms with Gasteiger partial charge in [0, 0.05) is 5.56 Å². The molecule has 0 radical (unpaired) electrons. The van der Waals surface area contributed by atoms with Crippen LogP contribution in [0.25, 0.3) is 0 Å². The van der Waals surface area contributed by atoms with Crippen LogP contribution in [0.15, 0.2) is 18.2 Å². The van der Waals surface area contributed by atoms with Gasteiger partial charge in [-0.05, 0) is 6.07 Å². The van der Waals surface area contributed by atoms with Gasteiger partial charge in [-0.25, -0.2) is 4.79 Å². The first-order chi connectivity index (χ1) is 7.11. The van der Waals surface area contributed by atoms with E-state index in [1.54, 1.807) is 0 Å². The zero-order chi connectivity index (χ0) is 11.4. The van der Waals surface area contributed by atoms with E-state index in [0.717, 1.165) is 0 Å². The molecule has 15 heavy (non-hydrogen) atoms. The van der Waals surface area contributed by atoms with E-state index in [2.05, 4.69) is 4.74 Å². The van der Waals surface area contributed by atoms with Crippen LogP contribution in [0.4, 0.5) is 5.69 Å². The first-order valence-corrected chi connectivity index (χ1v) is 4.55. The fourth-order valence-corrected chi connectivity index (χ4v) is 1.41. The highest BCUT2D eigenvalue weighted by Gasteiger charge is 2.24. The molecule has 0 saturated heterocycles. The van der Waals surface area contributed by atoms with Gasteiger partial charge in [0.2, 0.25) is 0 Å². The lowest BCUT2D eigenvalue weighted by atomic mass is 10.1. The van der Waals surface area contributed by atoms with Crippen LogP contribution in [-0.2, 0) is 10.6 Å². The SMILES string of the molecule is COC(=O)c1cccc(CCl)c1[N+](=O)[O-]. The van der Waals surface area contributed by atoms with Crippen LogP contribution >= 0.6 is 11.6 Å². The van der Waals surface area contributed by atoms with Crippen molar-refractivity contribution >= 4 is 23.3 Å². The molecule has 0 aliphatic carbocycles. The summed E-state index contributed by atoms with van der Waals surface area (Å²) < 4.78 is 4.44. The molecule has 1 rings (SSSR count). The molecule has 80 valence electrons. The number of para-hydroxylation sites is 1. The topological polar surface area (TPSA) is 69.4 Å². The molecule has 0 N–H and O–H groups in total. The van der Waals surface area contributed by atoms with E-state index in [-0.39, 0.29) is 17.1 Å². The van der Waals surface area contributed by atoms with Gasteiger partial charge >= 0.3 is 5.97 Å². The highest BCUT2D eigenvalue weighted by atomic mass is 35.5. The van der Waals surface area contributed by atoms with Gasteiger partial charge in [-0.15, -0.1) is 11.6 Å². The third-order valence-corrected chi connectivity index (χ3v) is 2.14. The molecule has 0 atom stereocenters. The van der Waals surface area contributed by atoms with Crippen molar-refractivity contribution in [2.45, 2.75) is 5.88 Å². The minimum atomic E-state index is -0.742. The van der Waals surface area contributed by atoms with Crippen molar-refractivity contribution in [1.29, 1.82) is 0 Å². The number of halogens is 1. The standard InChI is InChI=1S/C9H8ClNO4/c1-15-9(12)7-4-2-3-6(5-10)8(7)11(13)14/h2-4H,5H2,1H3. The molecule has 5 nitrogen and oxygen atoms in total. The predicted octanol–water partition coefficient (Wildman–Crippen LogP) is 2.12. The van der Waals surface area contributed by atoms with Crippen molar-refractivity contribution in [3.05, 3.63) is 39.4 Å². The molecule has 0 bridgehead atoms. The summed E-state index contributed by atoms with van der Waals surface area (Å²) in [6, 6.07) is 4.36. The number of nitro benzene ring substituents is 1. The zero-order valence-corrected chi connectivity index (χ0v) is 8.65. The molecule has 0 fully saturated rings. The molecule has 0 amide bonds. The number of nitrogens with zero attached hydrogens (tertiary/aromatic N) is 1. The summed E-state index contributed by atoms with van der Waals surface area (Å²) in [5, 5.41) is 10.8. The van der Waals surface area contributed by atoms with Crippen LogP contribution in [0.5, 0.6) is 0 Å². The van der Waals surface area contributed by atoms with Crippen LogP contribution in [0.1, 0.15) is 15.9 Å². The molecular formula is C9H8ClNO4. The number of rotatable bonds is 3. The van der Waals surface area contributed by atoms with E-state index in [4.69, 9.17) is 11.6 Å². The molecule has 1 aromatic rings. The van der Waals surface area contributed by atoms with E-state index < -0.39 is 10.9 Å². The second-order valence-corrected chi connectivity index (χ2v) is 2.96. The smallest absolute Gasteiger partial charge is 0.344 e. The molecule has 0 aliphatic heterocycles. The number of alkyl halides is 1. The molecule has 0 heterocycles. The minimum Gasteiger partial charge on any atom is -0.465 e. The van der Waals surface area contributed by atoms with Gasteiger partial charge in [0.15, 0.2) is 0 Å². The summed E-state index contributed by atoms with van der Waals surface area (Å²) in [5.74, 6) is -0.769. The van der Waals surface area contributed by atoms with Crippen molar-refractivity contribution in [3.8, 4) is 0 Å². The number of carbonyl (C=O) groups excluding carboxylic acids is 1. The van der Waals surface area contributed by atoms with Gasteiger partial charge in [-0.3, -0.25) is 10.1 Å². The second-order valence-electron chi connectivity index (χ2n) is 2.70. The normalized spacial score (nSPS) is 9.73. The largest absolute Gasteiger partial charge is 0.465 e. The maximum atomic E-state index is 11.2. The summed E-state index contributed by atoms with van der Waals surface area (Å²) in [7, 11) is 1.17. The Morgan fingerprint density at radius 3 is 2.73 bits per heavy atom. The number of esters is 1. The summed E-state index contributed by atoms with van der Waals surface area (Å²) in [6.45, 7) is 0. The number of methoxy groups -OCH3 is 1. The molecule has 0 spiro atoms. The summed E-state index contributed by atoms with van der Waals surface area (Å²) in [5.41, 5.74) is -0.0791. The lowest BCUT2D eigenvalue weighted by Gasteiger charge is -2.03. The third-order valence-electron chi connectivity index (χ3n) is 1.85. The highest BCUT2D eigenvalue weighted by Crippen LogP contribution is 2.25. The Morgan fingerprint density at radius 1 is 1.60 bits per heavy atom. The van der Waals surface area contributed by atoms with E-state index in [0.29, 0.717) is 5.56 Å². The Morgan fingerprint density at radius 2 is 2.27 bits per heavy atom. The van der Waals surface area contributed by atoms with Crippen LogP contribution in [-0.4, -0.2) is 18.0 Å². The Balaban J connectivity index is 3.38. The number of benzene rings is 1. The van der Waals surface area contributed by atoms with Crippen LogP contribution in [0.3, 0.4) is 0 Å². The maximum Gasteiger partial charge on any atom is 0.344 e. The average molecular weight is 230 g/mol. The summed E-state index contributed by atoms with van der Waals surface area (Å²) in [4.78, 5) is 21.4. The Bertz CT molecular complexity index is 405. The summed E-state index contributed by atoms with van der Waals surface area (Å²) >= 11 is 5.54. The lowest BCUT2D eigenvalue weighted by molar-refractivity contribution is -0.385. The van der Waals surface area contributed by atoms with Gasteiger partial charge in [0.1, 0.15) is 5.56 Å². The van der Waals surface area contributed by atoms with Crippen molar-refractivity contribution in [3.63, 3.8) is 0 Å². The fraction of sp³-hybridized carbons (Fsp3) is 0.222. The Kier molecular flexibility index (Phi) is 3.62. The van der Waals surface area contributed by atoms with Crippen molar-refractivity contribution in [2.75, 3.05) is 7.11 Å². The van der Waals surface area contributed by atoms with E-state index in [9.17, 15) is 14.9 Å². The Labute approximate surface area is 90.8 Å². The molecular weight excluding hydrogens is 222 g/mol. The van der Waals surface area contributed by atoms with E-state index >= 15 is 0 Å². The third kappa shape index (κ3) is 2.24. The molecule has 6 heteroatoms. The first kappa shape index (κ1) is 11.5. The molecule has 0 saturated carbocycles. The number of ether oxygens (including phenoxy) is 1. The fourth-order valence-electron chi connectivity index (χ4n) is 1.19. The Hall–Kier alpha value is -1.62. The van der Waals surface area contributed by atoms with Gasteiger partial charge in [0.25, 0.3) is 5.69 Å². The van der Waals surface area contributed by atoms with Crippen LogP contribution < -0.4 is 0 Å². The zero-order valence-electron chi connectivity index (χ0n) is 7.90. The number of hydrogen-bond donors (Lipinski definition) is 0. The molecule has 0 unspecified atom stereocenters. The van der Waals surface area contributed by atoms with Gasteiger partial charge in [-0.1, -0.05) is 12.1 Å². The van der Waals surface area contributed by atoms with Crippen molar-refractivity contribution in [1.82, 2.24) is 0 Å².